The van der Waals surface area contributed by atoms with Crippen LogP contribution in [0.2, 0.25) is 0 Å². The van der Waals surface area contributed by atoms with E-state index in [9.17, 15) is 0 Å². The molecule has 0 aromatic heterocycles. The van der Waals surface area contributed by atoms with Gasteiger partial charge in [0.2, 0.25) is 0 Å². The number of ether oxygens (including phenoxy) is 2. The lowest BCUT2D eigenvalue weighted by Crippen LogP contribution is -2.27. The van der Waals surface area contributed by atoms with Gasteiger partial charge >= 0.3 is 0 Å². The number of hydrogen-bond donors (Lipinski definition) is 1. The van der Waals surface area contributed by atoms with Gasteiger partial charge in [0, 0.05) is 12.1 Å². The fraction of sp³-hybridized carbons (Fsp3) is 0.600. The first-order chi connectivity index (χ1) is 11.7. The molecule has 0 atom stereocenters. The maximum atomic E-state index is 5.76. The topological polar surface area (TPSA) is 33.7 Å². The van der Waals surface area contributed by atoms with E-state index in [0.717, 1.165) is 62.6 Å². The van der Waals surface area contributed by atoms with Crippen molar-refractivity contribution in [2.75, 3.05) is 39.9 Å². The molecule has 152 valence electrons. The van der Waals surface area contributed by atoms with Crippen LogP contribution < -0.4 is 14.8 Å². The Bertz CT molecular complexity index is 495. The molecule has 4 nitrogen and oxygen atoms in total. The average Bonchev–Trinajstić information content (AvgIpc) is 2.60. The van der Waals surface area contributed by atoms with Crippen molar-refractivity contribution in [3.63, 3.8) is 0 Å². The zero-order valence-corrected chi connectivity index (χ0v) is 18.3. The van der Waals surface area contributed by atoms with Crippen LogP contribution in [0.5, 0.6) is 11.5 Å². The highest BCUT2D eigenvalue weighted by Gasteiger charge is 2.12. The SMILES string of the molecule is C=CCc1cc(CNCCCN(CC)CC)cc(OC)c1OCC.Cl.Cl. The van der Waals surface area contributed by atoms with Gasteiger partial charge in [0.05, 0.1) is 13.7 Å². The minimum atomic E-state index is 0. The molecule has 0 unspecified atom stereocenters. The highest BCUT2D eigenvalue weighted by molar-refractivity contribution is 5.85. The summed E-state index contributed by atoms with van der Waals surface area (Å²) in [5.74, 6) is 1.64. The molecule has 0 heterocycles. The van der Waals surface area contributed by atoms with Gasteiger partial charge in [0.1, 0.15) is 0 Å². The van der Waals surface area contributed by atoms with Crippen molar-refractivity contribution in [3.05, 3.63) is 35.9 Å². The Morgan fingerprint density at radius 3 is 2.38 bits per heavy atom. The van der Waals surface area contributed by atoms with E-state index in [-0.39, 0.29) is 24.8 Å². The molecular weight excluding hydrogens is 371 g/mol. The number of nitrogens with zero attached hydrogens (tertiary/aromatic N) is 1. The lowest BCUT2D eigenvalue weighted by Gasteiger charge is -2.18. The molecule has 0 saturated heterocycles. The molecule has 0 amide bonds. The van der Waals surface area contributed by atoms with Gasteiger partial charge in [-0.2, -0.15) is 0 Å². The highest BCUT2D eigenvalue weighted by atomic mass is 35.5. The molecule has 0 saturated carbocycles. The van der Waals surface area contributed by atoms with Crippen LogP contribution in [0.15, 0.2) is 24.8 Å². The molecule has 6 heteroatoms. The first-order valence-corrected chi connectivity index (χ1v) is 9.06. The van der Waals surface area contributed by atoms with Gasteiger partial charge < -0.3 is 19.7 Å². The number of hydrogen-bond acceptors (Lipinski definition) is 4. The van der Waals surface area contributed by atoms with Crippen molar-refractivity contribution in [2.45, 2.75) is 40.2 Å². The quantitative estimate of drug-likeness (QED) is 0.386. The molecule has 0 aliphatic carbocycles. The van der Waals surface area contributed by atoms with Gasteiger partial charge in [0.25, 0.3) is 0 Å². The Balaban J connectivity index is 0. The summed E-state index contributed by atoms with van der Waals surface area (Å²) in [5, 5.41) is 3.53. The summed E-state index contributed by atoms with van der Waals surface area (Å²) in [6.07, 6.45) is 3.84. The monoisotopic (exact) mass is 406 g/mol. The first kappa shape index (κ1) is 27.3. The van der Waals surface area contributed by atoms with Crippen LogP contribution in [0.3, 0.4) is 0 Å². The van der Waals surface area contributed by atoms with Crippen LogP contribution in [0, 0.1) is 0 Å². The minimum Gasteiger partial charge on any atom is -0.493 e. The molecular formula is C20H36Cl2N2O2. The van der Waals surface area contributed by atoms with Gasteiger partial charge in [-0.05, 0) is 57.6 Å². The molecule has 0 aliphatic rings. The van der Waals surface area contributed by atoms with Crippen LogP contribution in [-0.4, -0.2) is 44.8 Å². The summed E-state index contributed by atoms with van der Waals surface area (Å²) in [6, 6.07) is 4.25. The third-order valence-corrected chi connectivity index (χ3v) is 4.12. The summed E-state index contributed by atoms with van der Waals surface area (Å²) >= 11 is 0. The van der Waals surface area contributed by atoms with E-state index < -0.39 is 0 Å². The van der Waals surface area contributed by atoms with Crippen molar-refractivity contribution in [1.29, 1.82) is 0 Å². The van der Waals surface area contributed by atoms with Crippen molar-refractivity contribution in [1.82, 2.24) is 10.2 Å². The van der Waals surface area contributed by atoms with E-state index in [0.29, 0.717) is 6.61 Å². The predicted molar refractivity (Wildman–Crippen MR) is 117 cm³/mol. The molecule has 0 fully saturated rings. The Morgan fingerprint density at radius 2 is 1.85 bits per heavy atom. The fourth-order valence-electron chi connectivity index (χ4n) is 2.79. The minimum absolute atomic E-state index is 0. The van der Waals surface area contributed by atoms with E-state index >= 15 is 0 Å². The Hall–Kier alpha value is -0.940. The molecule has 0 bridgehead atoms. The third kappa shape index (κ3) is 9.13. The van der Waals surface area contributed by atoms with Crippen LogP contribution in [-0.2, 0) is 13.0 Å². The molecule has 0 spiro atoms. The lowest BCUT2D eigenvalue weighted by molar-refractivity contribution is 0.298. The number of allylic oxidation sites excluding steroid dienone is 1. The van der Waals surface area contributed by atoms with E-state index in [4.69, 9.17) is 9.47 Å². The highest BCUT2D eigenvalue weighted by Crippen LogP contribution is 2.33. The zero-order valence-electron chi connectivity index (χ0n) is 16.7. The second kappa shape index (κ2) is 16.2. The summed E-state index contributed by atoms with van der Waals surface area (Å²) in [6.45, 7) is 16.1. The van der Waals surface area contributed by atoms with Crippen molar-refractivity contribution in [2.24, 2.45) is 0 Å². The van der Waals surface area contributed by atoms with Gasteiger partial charge in [-0.1, -0.05) is 26.0 Å². The van der Waals surface area contributed by atoms with Gasteiger partial charge in [-0.3, -0.25) is 0 Å². The Labute approximate surface area is 172 Å². The number of rotatable bonds is 13. The summed E-state index contributed by atoms with van der Waals surface area (Å²) in [5.41, 5.74) is 2.35. The first-order valence-electron chi connectivity index (χ1n) is 9.06. The van der Waals surface area contributed by atoms with Gasteiger partial charge in [0.15, 0.2) is 11.5 Å². The Kier molecular flexibility index (Phi) is 17.0. The molecule has 1 aromatic rings. The van der Waals surface area contributed by atoms with Gasteiger partial charge in [-0.25, -0.2) is 0 Å². The molecule has 1 rings (SSSR count). The second-order valence-corrected chi connectivity index (χ2v) is 5.77. The maximum Gasteiger partial charge on any atom is 0.164 e. The molecule has 1 aromatic carbocycles. The third-order valence-electron chi connectivity index (χ3n) is 4.12. The van der Waals surface area contributed by atoms with Crippen LogP contribution >= 0.6 is 24.8 Å². The van der Waals surface area contributed by atoms with E-state index in [1.807, 2.05) is 13.0 Å². The zero-order chi connectivity index (χ0) is 17.8. The fourth-order valence-corrected chi connectivity index (χ4v) is 2.79. The van der Waals surface area contributed by atoms with Crippen molar-refractivity contribution in [3.8, 4) is 11.5 Å². The lowest BCUT2D eigenvalue weighted by atomic mass is 10.1. The predicted octanol–water partition coefficient (Wildman–Crippen LogP) is 4.49. The van der Waals surface area contributed by atoms with Crippen LogP contribution in [0.1, 0.15) is 38.3 Å². The standard InChI is InChI=1S/C20H34N2O2.2ClH/c1-6-11-18-14-17(15-19(23-5)20(18)24-9-4)16-21-12-10-13-22(7-2)8-3;;/h6,14-15,21H,1,7-13,16H2,2-5H3;2*1H. The Morgan fingerprint density at radius 1 is 1.15 bits per heavy atom. The molecule has 0 radical (unpaired) electrons. The number of benzene rings is 1. The summed E-state index contributed by atoms with van der Waals surface area (Å²) < 4.78 is 11.3. The van der Waals surface area contributed by atoms with Crippen LogP contribution in [0.25, 0.3) is 0 Å². The summed E-state index contributed by atoms with van der Waals surface area (Å²) in [7, 11) is 1.69. The molecule has 1 N–H and O–H groups in total. The normalized spacial score (nSPS) is 10.0. The van der Waals surface area contributed by atoms with E-state index in [1.165, 1.54) is 5.56 Å². The maximum absolute atomic E-state index is 5.76. The van der Waals surface area contributed by atoms with Crippen molar-refractivity contribution < 1.29 is 9.47 Å². The average molecular weight is 407 g/mol. The van der Waals surface area contributed by atoms with Crippen LogP contribution in [0.4, 0.5) is 0 Å². The second-order valence-electron chi connectivity index (χ2n) is 5.77. The number of methoxy groups -OCH3 is 1. The summed E-state index contributed by atoms with van der Waals surface area (Å²) in [4.78, 5) is 2.45. The van der Waals surface area contributed by atoms with Gasteiger partial charge in [-0.15, -0.1) is 31.4 Å². The molecule has 0 aliphatic heterocycles. The van der Waals surface area contributed by atoms with E-state index in [1.54, 1.807) is 7.11 Å². The smallest absolute Gasteiger partial charge is 0.164 e. The molecule has 26 heavy (non-hydrogen) atoms. The largest absolute Gasteiger partial charge is 0.493 e. The van der Waals surface area contributed by atoms with E-state index in [2.05, 4.69) is 42.8 Å². The number of nitrogens with one attached hydrogen (secondary N) is 1. The van der Waals surface area contributed by atoms with Crippen molar-refractivity contribution >= 4 is 24.8 Å². The number of halogens is 2.